The van der Waals surface area contributed by atoms with Gasteiger partial charge in [0, 0.05) is 18.2 Å². The van der Waals surface area contributed by atoms with Crippen LogP contribution in [-0.4, -0.2) is 41.9 Å². The number of hydrogen-bond donors (Lipinski definition) is 1. The lowest BCUT2D eigenvalue weighted by atomic mass is 10.1. The molecule has 1 aromatic carbocycles. The summed E-state index contributed by atoms with van der Waals surface area (Å²) < 4.78 is 10.5. The highest BCUT2D eigenvalue weighted by molar-refractivity contribution is 5.95. The first kappa shape index (κ1) is 11.3. The molecule has 0 saturated heterocycles. The molecule has 1 amide bonds. The van der Waals surface area contributed by atoms with E-state index in [9.17, 15) is 4.79 Å². The Kier molecular flexibility index (Phi) is 2.83. The van der Waals surface area contributed by atoms with Gasteiger partial charge >= 0.3 is 0 Å². The molecule has 0 spiro atoms. The fraction of sp³-hybridized carbons (Fsp3) is 0.462. The van der Waals surface area contributed by atoms with Crippen molar-refractivity contribution in [2.45, 2.75) is 18.9 Å². The number of benzene rings is 1. The molecule has 1 heterocycles. The number of carbonyl (C=O) groups is 1. The van der Waals surface area contributed by atoms with Gasteiger partial charge in [-0.3, -0.25) is 4.79 Å². The van der Waals surface area contributed by atoms with Crippen molar-refractivity contribution in [2.75, 3.05) is 19.9 Å². The van der Waals surface area contributed by atoms with Crippen molar-refractivity contribution in [3.63, 3.8) is 0 Å². The molecule has 0 radical (unpaired) electrons. The van der Waals surface area contributed by atoms with Gasteiger partial charge in [-0.05, 0) is 31.0 Å². The van der Waals surface area contributed by atoms with E-state index in [-0.39, 0.29) is 25.3 Å². The lowest BCUT2D eigenvalue weighted by Crippen LogP contribution is -2.35. The van der Waals surface area contributed by atoms with E-state index in [0.717, 1.165) is 12.8 Å². The largest absolute Gasteiger partial charge is 0.454 e. The summed E-state index contributed by atoms with van der Waals surface area (Å²) in [7, 11) is 0. The van der Waals surface area contributed by atoms with E-state index in [1.54, 1.807) is 23.1 Å². The van der Waals surface area contributed by atoms with Gasteiger partial charge < -0.3 is 19.5 Å². The van der Waals surface area contributed by atoms with Crippen molar-refractivity contribution in [2.24, 2.45) is 0 Å². The van der Waals surface area contributed by atoms with Gasteiger partial charge in [-0.25, -0.2) is 0 Å². The van der Waals surface area contributed by atoms with Gasteiger partial charge in [-0.15, -0.1) is 0 Å². The average molecular weight is 249 g/mol. The van der Waals surface area contributed by atoms with Crippen molar-refractivity contribution in [3.05, 3.63) is 23.8 Å². The van der Waals surface area contributed by atoms with Crippen LogP contribution in [0.1, 0.15) is 23.2 Å². The highest BCUT2D eigenvalue weighted by Crippen LogP contribution is 2.34. The number of rotatable bonds is 4. The molecule has 0 unspecified atom stereocenters. The molecule has 5 nitrogen and oxygen atoms in total. The second kappa shape index (κ2) is 4.49. The number of amides is 1. The van der Waals surface area contributed by atoms with Crippen LogP contribution in [0.25, 0.3) is 0 Å². The van der Waals surface area contributed by atoms with Crippen LogP contribution >= 0.6 is 0 Å². The Balaban J connectivity index is 1.82. The molecular weight excluding hydrogens is 234 g/mol. The van der Waals surface area contributed by atoms with Crippen LogP contribution in [0.2, 0.25) is 0 Å². The molecular formula is C13H15NO4. The first-order valence-corrected chi connectivity index (χ1v) is 6.11. The smallest absolute Gasteiger partial charge is 0.254 e. The standard InChI is InChI=1S/C13H15NO4/c15-6-5-14(10-2-3-10)13(16)9-1-4-11-12(7-9)18-8-17-11/h1,4,7,10,15H,2-3,5-6,8H2. The predicted molar refractivity (Wildman–Crippen MR) is 63.7 cm³/mol. The molecule has 1 N–H and O–H groups in total. The van der Waals surface area contributed by atoms with E-state index in [1.165, 1.54) is 0 Å². The summed E-state index contributed by atoms with van der Waals surface area (Å²) in [5.41, 5.74) is 0.583. The summed E-state index contributed by atoms with van der Waals surface area (Å²) in [4.78, 5) is 14.1. The molecule has 1 fully saturated rings. The zero-order chi connectivity index (χ0) is 12.5. The van der Waals surface area contributed by atoms with Crippen molar-refractivity contribution in [1.82, 2.24) is 4.90 Å². The quantitative estimate of drug-likeness (QED) is 0.865. The summed E-state index contributed by atoms with van der Waals surface area (Å²) in [6, 6.07) is 5.48. The van der Waals surface area contributed by atoms with E-state index >= 15 is 0 Å². The summed E-state index contributed by atoms with van der Waals surface area (Å²) >= 11 is 0. The molecule has 1 aliphatic heterocycles. The van der Waals surface area contributed by atoms with Gasteiger partial charge in [0.2, 0.25) is 6.79 Å². The maximum absolute atomic E-state index is 12.3. The first-order valence-electron chi connectivity index (χ1n) is 6.11. The number of nitrogens with zero attached hydrogens (tertiary/aromatic N) is 1. The summed E-state index contributed by atoms with van der Waals surface area (Å²) in [5.74, 6) is 1.23. The van der Waals surface area contributed by atoms with Gasteiger partial charge in [-0.2, -0.15) is 0 Å². The fourth-order valence-corrected chi connectivity index (χ4v) is 2.14. The Morgan fingerprint density at radius 3 is 2.83 bits per heavy atom. The maximum Gasteiger partial charge on any atom is 0.254 e. The minimum Gasteiger partial charge on any atom is -0.454 e. The topological polar surface area (TPSA) is 59.0 Å². The van der Waals surface area contributed by atoms with Crippen molar-refractivity contribution >= 4 is 5.91 Å². The molecule has 0 aromatic heterocycles. The highest BCUT2D eigenvalue weighted by atomic mass is 16.7. The minimum absolute atomic E-state index is 0.00715. The molecule has 1 aliphatic carbocycles. The molecule has 0 bridgehead atoms. The molecule has 2 aliphatic rings. The molecule has 1 saturated carbocycles. The van der Waals surface area contributed by atoms with Crippen molar-refractivity contribution in [3.8, 4) is 11.5 Å². The Bertz CT molecular complexity index is 470. The van der Waals surface area contributed by atoms with E-state index in [1.807, 2.05) is 0 Å². The van der Waals surface area contributed by atoms with Crippen LogP contribution in [0.15, 0.2) is 18.2 Å². The Labute approximate surface area is 105 Å². The van der Waals surface area contributed by atoms with Crippen LogP contribution in [-0.2, 0) is 0 Å². The second-order valence-corrected chi connectivity index (χ2v) is 4.52. The normalized spacial score (nSPS) is 16.7. The lowest BCUT2D eigenvalue weighted by molar-refractivity contribution is 0.0707. The van der Waals surface area contributed by atoms with Gasteiger partial charge in [0.05, 0.1) is 6.61 Å². The minimum atomic E-state index is -0.0511. The molecule has 3 rings (SSSR count). The molecule has 0 atom stereocenters. The number of hydrogen-bond acceptors (Lipinski definition) is 4. The van der Waals surface area contributed by atoms with Gasteiger partial charge in [0.15, 0.2) is 11.5 Å². The monoisotopic (exact) mass is 249 g/mol. The van der Waals surface area contributed by atoms with E-state index < -0.39 is 0 Å². The zero-order valence-corrected chi connectivity index (χ0v) is 9.96. The molecule has 18 heavy (non-hydrogen) atoms. The van der Waals surface area contributed by atoms with E-state index in [4.69, 9.17) is 14.6 Å². The van der Waals surface area contributed by atoms with Crippen molar-refractivity contribution in [1.29, 1.82) is 0 Å². The van der Waals surface area contributed by atoms with Crippen LogP contribution < -0.4 is 9.47 Å². The fourth-order valence-electron chi connectivity index (χ4n) is 2.14. The lowest BCUT2D eigenvalue weighted by Gasteiger charge is -2.21. The Morgan fingerprint density at radius 2 is 2.11 bits per heavy atom. The van der Waals surface area contributed by atoms with Crippen LogP contribution in [0, 0.1) is 0 Å². The third-order valence-corrected chi connectivity index (χ3v) is 3.21. The third-order valence-electron chi connectivity index (χ3n) is 3.21. The van der Waals surface area contributed by atoms with Crippen molar-refractivity contribution < 1.29 is 19.4 Å². The zero-order valence-electron chi connectivity index (χ0n) is 9.96. The number of carbonyl (C=O) groups excluding carboxylic acids is 1. The van der Waals surface area contributed by atoms with Gasteiger partial charge in [-0.1, -0.05) is 0 Å². The third kappa shape index (κ3) is 2.01. The second-order valence-electron chi connectivity index (χ2n) is 4.52. The number of aliphatic hydroxyl groups is 1. The van der Waals surface area contributed by atoms with E-state index in [0.29, 0.717) is 23.6 Å². The van der Waals surface area contributed by atoms with Gasteiger partial charge in [0.1, 0.15) is 0 Å². The molecule has 96 valence electrons. The number of aliphatic hydroxyl groups excluding tert-OH is 1. The van der Waals surface area contributed by atoms with Crippen LogP contribution in [0.4, 0.5) is 0 Å². The summed E-state index contributed by atoms with van der Waals surface area (Å²) in [5, 5.41) is 9.03. The number of fused-ring (bicyclic) bond motifs is 1. The Morgan fingerprint density at radius 1 is 1.33 bits per heavy atom. The summed E-state index contributed by atoms with van der Waals surface area (Å²) in [6.45, 7) is 0.584. The predicted octanol–water partition coefficient (Wildman–Crippen LogP) is 1.01. The molecule has 1 aromatic rings. The van der Waals surface area contributed by atoms with Gasteiger partial charge in [0.25, 0.3) is 5.91 Å². The molecule has 5 heteroatoms. The Hall–Kier alpha value is -1.75. The van der Waals surface area contributed by atoms with Crippen LogP contribution in [0.5, 0.6) is 11.5 Å². The average Bonchev–Trinajstić information content (AvgIpc) is 3.12. The SMILES string of the molecule is O=C(c1ccc2c(c1)OCO2)N(CCO)C1CC1. The highest BCUT2D eigenvalue weighted by Gasteiger charge is 2.33. The van der Waals surface area contributed by atoms with E-state index in [2.05, 4.69) is 0 Å². The first-order chi connectivity index (χ1) is 8.79. The summed E-state index contributed by atoms with van der Waals surface area (Å²) in [6.07, 6.45) is 2.05. The number of ether oxygens (including phenoxy) is 2. The maximum atomic E-state index is 12.3. The van der Waals surface area contributed by atoms with Crippen LogP contribution in [0.3, 0.4) is 0 Å².